The summed E-state index contributed by atoms with van der Waals surface area (Å²) in [6.45, 7) is 0. The van der Waals surface area contributed by atoms with Gasteiger partial charge in [-0.25, -0.2) is 9.78 Å². The molecule has 2 aromatic rings. The second kappa shape index (κ2) is 5.89. The first-order chi connectivity index (χ1) is 9.47. The normalized spacial score (nSPS) is 10.2. The Hall–Kier alpha value is -2.12. The monoisotopic (exact) mass is 310 g/mol. The zero-order valence-electron chi connectivity index (χ0n) is 9.82. The number of nitrogens with zero attached hydrogens (tertiary/aromatic N) is 2. The maximum absolute atomic E-state index is 11.0. The van der Waals surface area contributed by atoms with Crippen LogP contribution in [0.15, 0.2) is 46.5 Å². The fourth-order valence-corrected chi connectivity index (χ4v) is 2.36. The fourth-order valence-electron chi connectivity index (χ4n) is 1.45. The highest BCUT2D eigenvalue weighted by atomic mass is 35.5. The minimum atomic E-state index is -1.34. The van der Waals surface area contributed by atoms with E-state index in [4.69, 9.17) is 16.7 Å². The van der Waals surface area contributed by atoms with Crippen LogP contribution in [-0.4, -0.2) is 21.0 Å². The molecule has 0 aliphatic carbocycles. The first-order valence-corrected chi connectivity index (χ1v) is 6.48. The summed E-state index contributed by atoms with van der Waals surface area (Å²) in [5.74, 6) is -1.34. The van der Waals surface area contributed by atoms with E-state index in [1.807, 2.05) is 0 Å². The van der Waals surface area contributed by atoms with Gasteiger partial charge in [-0.2, -0.15) is 0 Å². The van der Waals surface area contributed by atoms with Gasteiger partial charge in [0, 0.05) is 17.2 Å². The number of aromatic nitrogens is 1. The Morgan fingerprint density at radius 1 is 1.35 bits per heavy atom. The molecular formula is C12H7ClN2O4S. The largest absolute Gasteiger partial charge is 0.477 e. The second-order valence-corrected chi connectivity index (χ2v) is 5.19. The molecule has 102 valence electrons. The average molecular weight is 311 g/mol. The number of hydrogen-bond donors (Lipinski definition) is 1. The van der Waals surface area contributed by atoms with Crippen molar-refractivity contribution < 1.29 is 14.8 Å². The van der Waals surface area contributed by atoms with Crippen molar-refractivity contribution in [2.45, 2.75) is 9.92 Å². The van der Waals surface area contributed by atoms with Gasteiger partial charge in [0.15, 0.2) is 0 Å². The van der Waals surface area contributed by atoms with E-state index in [0.29, 0.717) is 14.9 Å². The lowest BCUT2D eigenvalue weighted by atomic mass is 10.2. The standard InChI is InChI=1S/C12H7ClN2O4S/c13-7-1-4-11(14-6-7)20-8-2-3-10(15(18)19)9(5-8)12(16)17/h1-6H,(H,16,17). The van der Waals surface area contributed by atoms with Crippen LogP contribution in [-0.2, 0) is 0 Å². The van der Waals surface area contributed by atoms with Crippen molar-refractivity contribution in [3.8, 4) is 0 Å². The predicted octanol–water partition coefficient (Wildman–Crippen LogP) is 3.49. The van der Waals surface area contributed by atoms with Crippen molar-refractivity contribution >= 4 is 35.0 Å². The topological polar surface area (TPSA) is 93.3 Å². The van der Waals surface area contributed by atoms with Gasteiger partial charge in [-0.1, -0.05) is 23.4 Å². The van der Waals surface area contributed by atoms with Crippen molar-refractivity contribution in [2.24, 2.45) is 0 Å². The minimum Gasteiger partial charge on any atom is -0.477 e. The summed E-state index contributed by atoms with van der Waals surface area (Å²) in [5.41, 5.74) is -0.792. The molecule has 0 fully saturated rings. The van der Waals surface area contributed by atoms with Crippen LogP contribution in [0.25, 0.3) is 0 Å². The van der Waals surface area contributed by atoms with Crippen LogP contribution in [0, 0.1) is 10.1 Å². The lowest BCUT2D eigenvalue weighted by Gasteiger charge is -2.03. The molecule has 0 saturated heterocycles. The number of nitro groups is 1. The third-order valence-electron chi connectivity index (χ3n) is 2.32. The van der Waals surface area contributed by atoms with Gasteiger partial charge in [0.2, 0.25) is 0 Å². The van der Waals surface area contributed by atoms with E-state index in [9.17, 15) is 14.9 Å². The number of nitro benzene ring substituents is 1. The van der Waals surface area contributed by atoms with Crippen molar-refractivity contribution in [3.63, 3.8) is 0 Å². The molecule has 1 aromatic carbocycles. The van der Waals surface area contributed by atoms with Crippen molar-refractivity contribution in [3.05, 3.63) is 57.2 Å². The van der Waals surface area contributed by atoms with Crippen molar-refractivity contribution in [1.29, 1.82) is 0 Å². The van der Waals surface area contributed by atoms with Gasteiger partial charge >= 0.3 is 5.97 Å². The number of carboxylic acid groups (broad SMARTS) is 1. The Balaban J connectivity index is 2.34. The Morgan fingerprint density at radius 3 is 2.65 bits per heavy atom. The van der Waals surface area contributed by atoms with Gasteiger partial charge in [-0.05, 0) is 24.3 Å². The Morgan fingerprint density at radius 2 is 2.10 bits per heavy atom. The molecule has 0 spiro atoms. The molecule has 1 N–H and O–H groups in total. The number of aromatic carboxylic acids is 1. The Kier molecular flexibility index (Phi) is 4.21. The van der Waals surface area contributed by atoms with Gasteiger partial charge in [0.05, 0.1) is 9.95 Å². The molecular weight excluding hydrogens is 304 g/mol. The first kappa shape index (κ1) is 14.3. The van der Waals surface area contributed by atoms with Gasteiger partial charge in [0.1, 0.15) is 10.6 Å². The maximum Gasteiger partial charge on any atom is 0.342 e. The number of benzene rings is 1. The van der Waals surface area contributed by atoms with Crippen LogP contribution in [0.1, 0.15) is 10.4 Å². The van der Waals surface area contributed by atoms with Gasteiger partial charge in [-0.3, -0.25) is 10.1 Å². The van der Waals surface area contributed by atoms with Gasteiger partial charge in [-0.15, -0.1) is 0 Å². The van der Waals surface area contributed by atoms with Gasteiger partial charge in [0.25, 0.3) is 5.69 Å². The van der Waals surface area contributed by atoms with E-state index in [0.717, 1.165) is 0 Å². The average Bonchev–Trinajstić information content (AvgIpc) is 2.41. The van der Waals surface area contributed by atoms with Crippen LogP contribution >= 0.6 is 23.4 Å². The molecule has 0 saturated carbocycles. The highest BCUT2D eigenvalue weighted by Crippen LogP contribution is 2.30. The predicted molar refractivity (Wildman–Crippen MR) is 73.4 cm³/mol. The molecule has 8 heteroatoms. The van der Waals surface area contributed by atoms with Crippen LogP contribution < -0.4 is 0 Å². The molecule has 20 heavy (non-hydrogen) atoms. The number of rotatable bonds is 4. The van der Waals surface area contributed by atoms with E-state index < -0.39 is 16.6 Å². The summed E-state index contributed by atoms with van der Waals surface area (Å²) < 4.78 is 0. The summed E-state index contributed by atoms with van der Waals surface area (Å²) in [6.07, 6.45) is 1.47. The summed E-state index contributed by atoms with van der Waals surface area (Å²) in [5, 5.41) is 20.8. The molecule has 1 aromatic heterocycles. The SMILES string of the molecule is O=C(O)c1cc(Sc2ccc(Cl)cn2)ccc1[N+](=O)[O-]. The van der Waals surface area contributed by atoms with Crippen LogP contribution in [0.5, 0.6) is 0 Å². The molecule has 0 atom stereocenters. The first-order valence-electron chi connectivity index (χ1n) is 5.28. The third kappa shape index (κ3) is 3.25. The molecule has 2 rings (SSSR count). The van der Waals surface area contributed by atoms with E-state index in [2.05, 4.69) is 4.98 Å². The molecule has 1 heterocycles. The van der Waals surface area contributed by atoms with Crippen molar-refractivity contribution in [2.75, 3.05) is 0 Å². The molecule has 0 amide bonds. The maximum atomic E-state index is 11.0. The zero-order valence-corrected chi connectivity index (χ0v) is 11.4. The summed E-state index contributed by atoms with van der Waals surface area (Å²) >= 11 is 6.91. The number of pyridine rings is 1. The van der Waals surface area contributed by atoms with E-state index in [-0.39, 0.29) is 5.56 Å². The number of halogens is 1. The number of carbonyl (C=O) groups is 1. The number of hydrogen-bond acceptors (Lipinski definition) is 5. The van der Waals surface area contributed by atoms with Gasteiger partial charge < -0.3 is 5.11 Å². The summed E-state index contributed by atoms with van der Waals surface area (Å²) in [7, 11) is 0. The highest BCUT2D eigenvalue weighted by molar-refractivity contribution is 7.99. The Bertz CT molecular complexity index is 676. The highest BCUT2D eigenvalue weighted by Gasteiger charge is 2.20. The lowest BCUT2D eigenvalue weighted by Crippen LogP contribution is -2.02. The number of carboxylic acids is 1. The summed E-state index contributed by atoms with van der Waals surface area (Å²) in [6, 6.07) is 7.23. The van der Waals surface area contributed by atoms with E-state index >= 15 is 0 Å². The lowest BCUT2D eigenvalue weighted by molar-refractivity contribution is -0.385. The Labute approximate surface area is 122 Å². The molecule has 0 aliphatic heterocycles. The van der Waals surface area contributed by atoms with Crippen LogP contribution in [0.4, 0.5) is 5.69 Å². The molecule has 0 bridgehead atoms. The molecule has 0 aliphatic rings. The molecule has 0 radical (unpaired) electrons. The summed E-state index contributed by atoms with van der Waals surface area (Å²) in [4.78, 5) is 25.6. The van der Waals surface area contributed by atoms with E-state index in [1.165, 1.54) is 36.2 Å². The minimum absolute atomic E-state index is 0.353. The third-order valence-corrected chi connectivity index (χ3v) is 3.48. The van der Waals surface area contributed by atoms with Crippen LogP contribution in [0.2, 0.25) is 5.02 Å². The molecule has 0 unspecified atom stereocenters. The smallest absolute Gasteiger partial charge is 0.342 e. The zero-order chi connectivity index (χ0) is 14.7. The fraction of sp³-hybridized carbons (Fsp3) is 0. The molecule has 6 nitrogen and oxygen atoms in total. The quantitative estimate of drug-likeness (QED) is 0.686. The second-order valence-electron chi connectivity index (χ2n) is 3.66. The van der Waals surface area contributed by atoms with Crippen molar-refractivity contribution in [1.82, 2.24) is 4.98 Å². The van der Waals surface area contributed by atoms with E-state index in [1.54, 1.807) is 12.1 Å². The van der Waals surface area contributed by atoms with Crippen LogP contribution in [0.3, 0.4) is 0 Å².